The Morgan fingerprint density at radius 1 is 1.20 bits per heavy atom. The number of nitrogens with zero attached hydrogens (tertiary/aromatic N) is 2. The van der Waals surface area contributed by atoms with Crippen molar-refractivity contribution in [1.82, 2.24) is 9.97 Å². The molecule has 0 N–H and O–H groups in total. The lowest BCUT2D eigenvalue weighted by molar-refractivity contribution is -0.0115. The van der Waals surface area contributed by atoms with Crippen LogP contribution in [0, 0.1) is 6.92 Å². The molecule has 25 heavy (non-hydrogen) atoms. The number of hydrogen-bond acceptors (Lipinski definition) is 7. The first kappa shape index (κ1) is 19.2. The molecule has 0 bridgehead atoms. The van der Waals surface area contributed by atoms with Crippen LogP contribution in [0.4, 0.5) is 4.79 Å². The first-order chi connectivity index (χ1) is 11.7. The Morgan fingerprint density at radius 2 is 1.92 bits per heavy atom. The summed E-state index contributed by atoms with van der Waals surface area (Å²) in [5.74, 6) is 0.360. The van der Waals surface area contributed by atoms with Crippen molar-refractivity contribution in [2.75, 3.05) is 20.3 Å². The highest BCUT2D eigenvalue weighted by Crippen LogP contribution is 2.30. The maximum Gasteiger partial charge on any atom is 0.508 e. The third-order valence-corrected chi connectivity index (χ3v) is 3.47. The second-order valence-electron chi connectivity index (χ2n) is 6.30. The molecule has 0 aliphatic carbocycles. The quantitative estimate of drug-likeness (QED) is 0.541. The molecule has 1 heterocycles. The van der Waals surface area contributed by atoms with Crippen molar-refractivity contribution in [1.29, 1.82) is 0 Å². The highest BCUT2D eigenvalue weighted by atomic mass is 79.9. The number of fused-ring (bicyclic) bond motifs is 1. The van der Waals surface area contributed by atoms with Crippen LogP contribution in [0.3, 0.4) is 0 Å². The van der Waals surface area contributed by atoms with Crippen LogP contribution in [0.25, 0.3) is 10.9 Å². The van der Waals surface area contributed by atoms with Gasteiger partial charge in [-0.15, -0.1) is 0 Å². The van der Waals surface area contributed by atoms with E-state index in [9.17, 15) is 4.79 Å². The van der Waals surface area contributed by atoms with Crippen LogP contribution < -0.4 is 9.47 Å². The van der Waals surface area contributed by atoms with Gasteiger partial charge in [0.05, 0.1) is 18.0 Å². The number of benzene rings is 1. The van der Waals surface area contributed by atoms with Gasteiger partial charge in [-0.3, -0.25) is 0 Å². The Balaban J connectivity index is 2.09. The zero-order chi connectivity index (χ0) is 18.6. The number of halogens is 1. The van der Waals surface area contributed by atoms with E-state index in [1.54, 1.807) is 20.8 Å². The molecule has 0 radical (unpaired) electrons. The minimum absolute atomic E-state index is 0.0374. The predicted molar refractivity (Wildman–Crippen MR) is 96.2 cm³/mol. The number of carbonyl (C=O) groups is 1. The SMILES string of the molecule is COc1nc(OCCOC(=O)OC(C)(C)C)c2cc(Br)cc(C)c2n1. The molecule has 0 aliphatic heterocycles. The van der Waals surface area contributed by atoms with Gasteiger partial charge in [-0.25, -0.2) is 4.79 Å². The highest BCUT2D eigenvalue weighted by Gasteiger charge is 2.17. The summed E-state index contributed by atoms with van der Waals surface area (Å²) in [5.41, 5.74) is 1.09. The Bertz CT molecular complexity index is 774. The fourth-order valence-corrected chi connectivity index (χ4v) is 2.63. The van der Waals surface area contributed by atoms with E-state index in [1.807, 2.05) is 19.1 Å². The number of ether oxygens (including phenoxy) is 4. The van der Waals surface area contributed by atoms with Crippen LogP contribution in [0.15, 0.2) is 16.6 Å². The third-order valence-electron chi connectivity index (χ3n) is 3.01. The van der Waals surface area contributed by atoms with Crippen LogP contribution in [-0.4, -0.2) is 42.0 Å². The van der Waals surface area contributed by atoms with Gasteiger partial charge in [-0.05, 0) is 45.4 Å². The average molecular weight is 413 g/mol. The molecule has 0 atom stereocenters. The van der Waals surface area contributed by atoms with Gasteiger partial charge in [0.2, 0.25) is 5.88 Å². The molecular formula is C17H21BrN2O5. The van der Waals surface area contributed by atoms with E-state index in [1.165, 1.54) is 7.11 Å². The second kappa shape index (κ2) is 7.86. The summed E-state index contributed by atoms with van der Waals surface area (Å²) < 4.78 is 21.7. The number of aryl methyl sites for hydroxylation is 1. The van der Waals surface area contributed by atoms with Gasteiger partial charge in [0.1, 0.15) is 18.8 Å². The smallest absolute Gasteiger partial charge is 0.473 e. The van der Waals surface area contributed by atoms with Crippen LogP contribution in [0.1, 0.15) is 26.3 Å². The lowest BCUT2D eigenvalue weighted by Gasteiger charge is -2.18. The minimum Gasteiger partial charge on any atom is -0.473 e. The van der Waals surface area contributed by atoms with Crippen LogP contribution >= 0.6 is 15.9 Å². The predicted octanol–water partition coefficient (Wildman–Crippen LogP) is 4.04. The first-order valence-electron chi connectivity index (χ1n) is 7.70. The Labute approximate surface area is 154 Å². The average Bonchev–Trinajstić information content (AvgIpc) is 2.49. The van der Waals surface area contributed by atoms with E-state index in [-0.39, 0.29) is 19.2 Å². The van der Waals surface area contributed by atoms with Crippen LogP contribution in [0.2, 0.25) is 0 Å². The number of rotatable bonds is 5. The highest BCUT2D eigenvalue weighted by molar-refractivity contribution is 9.10. The van der Waals surface area contributed by atoms with Gasteiger partial charge in [-0.1, -0.05) is 15.9 Å². The topological polar surface area (TPSA) is 79.8 Å². The van der Waals surface area contributed by atoms with E-state index in [4.69, 9.17) is 18.9 Å². The standard InChI is InChI=1S/C17H21BrN2O5/c1-10-8-11(18)9-12-13(10)19-15(22-5)20-14(12)23-6-7-24-16(21)25-17(2,3)4/h8-9H,6-7H2,1-5H3. The lowest BCUT2D eigenvalue weighted by Crippen LogP contribution is -2.25. The van der Waals surface area contributed by atoms with E-state index in [0.717, 1.165) is 20.9 Å². The summed E-state index contributed by atoms with van der Waals surface area (Å²) in [6.07, 6.45) is -0.736. The number of carbonyl (C=O) groups excluding carboxylic acids is 1. The van der Waals surface area contributed by atoms with Crippen LogP contribution in [0.5, 0.6) is 11.9 Å². The summed E-state index contributed by atoms with van der Waals surface area (Å²) in [7, 11) is 1.49. The molecule has 1 aromatic carbocycles. The molecule has 2 aromatic rings. The van der Waals surface area contributed by atoms with Crippen molar-refractivity contribution in [2.24, 2.45) is 0 Å². The van der Waals surface area contributed by atoms with Gasteiger partial charge in [-0.2, -0.15) is 9.97 Å². The van der Waals surface area contributed by atoms with Crippen molar-refractivity contribution in [3.05, 3.63) is 22.2 Å². The number of hydrogen-bond donors (Lipinski definition) is 0. The van der Waals surface area contributed by atoms with Crippen LogP contribution in [-0.2, 0) is 9.47 Å². The zero-order valence-corrected chi connectivity index (χ0v) is 16.5. The molecule has 7 nitrogen and oxygen atoms in total. The van der Waals surface area contributed by atoms with Gasteiger partial charge >= 0.3 is 12.2 Å². The van der Waals surface area contributed by atoms with E-state index >= 15 is 0 Å². The maximum absolute atomic E-state index is 11.5. The Hall–Kier alpha value is -2.09. The molecule has 0 fully saturated rings. The molecule has 0 amide bonds. The second-order valence-corrected chi connectivity index (χ2v) is 7.21. The fraction of sp³-hybridized carbons (Fsp3) is 0.471. The third kappa shape index (κ3) is 5.45. The maximum atomic E-state index is 11.5. The van der Waals surface area contributed by atoms with Gasteiger partial charge < -0.3 is 18.9 Å². The normalized spacial score (nSPS) is 11.3. The van der Waals surface area contributed by atoms with Gasteiger partial charge in [0.15, 0.2) is 0 Å². The molecule has 0 saturated carbocycles. The Morgan fingerprint density at radius 3 is 2.56 bits per heavy atom. The van der Waals surface area contributed by atoms with Crippen molar-refractivity contribution in [3.8, 4) is 11.9 Å². The molecule has 0 spiro atoms. The first-order valence-corrected chi connectivity index (χ1v) is 8.49. The van der Waals surface area contributed by atoms with Crippen molar-refractivity contribution in [3.63, 3.8) is 0 Å². The van der Waals surface area contributed by atoms with Gasteiger partial charge in [0.25, 0.3) is 0 Å². The fourth-order valence-electron chi connectivity index (χ4n) is 2.06. The summed E-state index contributed by atoms with van der Waals surface area (Å²) in [5, 5.41) is 0.741. The molecule has 2 rings (SSSR count). The van der Waals surface area contributed by atoms with Gasteiger partial charge in [0, 0.05) is 4.47 Å². The van der Waals surface area contributed by atoms with E-state index in [0.29, 0.717) is 5.88 Å². The summed E-state index contributed by atoms with van der Waals surface area (Å²) >= 11 is 3.45. The monoisotopic (exact) mass is 412 g/mol. The Kier molecular flexibility index (Phi) is 6.05. The molecule has 8 heteroatoms. The summed E-state index contributed by atoms with van der Waals surface area (Å²) in [6, 6.07) is 4.02. The molecule has 136 valence electrons. The molecular weight excluding hydrogens is 392 g/mol. The largest absolute Gasteiger partial charge is 0.508 e. The summed E-state index contributed by atoms with van der Waals surface area (Å²) in [4.78, 5) is 20.1. The van der Waals surface area contributed by atoms with Crippen molar-refractivity contribution < 1.29 is 23.7 Å². The van der Waals surface area contributed by atoms with E-state index < -0.39 is 11.8 Å². The van der Waals surface area contributed by atoms with E-state index in [2.05, 4.69) is 25.9 Å². The minimum atomic E-state index is -0.736. The molecule has 0 aliphatic rings. The van der Waals surface area contributed by atoms with Crippen molar-refractivity contribution >= 4 is 33.0 Å². The number of methoxy groups -OCH3 is 1. The zero-order valence-electron chi connectivity index (χ0n) is 14.9. The molecule has 1 aromatic heterocycles. The van der Waals surface area contributed by atoms with Crippen molar-refractivity contribution in [2.45, 2.75) is 33.3 Å². The molecule has 0 unspecified atom stereocenters. The summed E-state index contributed by atoms with van der Waals surface area (Å²) in [6.45, 7) is 7.41. The molecule has 0 saturated heterocycles. The lowest BCUT2D eigenvalue weighted by atomic mass is 10.1. The number of aromatic nitrogens is 2.